The van der Waals surface area contributed by atoms with E-state index in [1.807, 2.05) is 83.7 Å². The molecule has 4 unspecified atom stereocenters. The SMILES string of the molecule is CC(=NCCN=C(C)C(C(C)O)n1cc[n+](C)c1)C(C(C)O)n1cc[n+](C)c1.F[B-](F)(F)F.F[B-](F)(F)F.[Co]. The maximum absolute atomic E-state index is 10.2. The van der Waals surface area contributed by atoms with E-state index in [1.54, 1.807) is 13.8 Å². The summed E-state index contributed by atoms with van der Waals surface area (Å²) in [4.78, 5) is 9.26. The van der Waals surface area contributed by atoms with Crippen molar-refractivity contribution in [3.8, 4) is 0 Å². The molecule has 2 aromatic rings. The van der Waals surface area contributed by atoms with Crippen molar-refractivity contribution in [2.75, 3.05) is 13.1 Å². The molecule has 8 nitrogen and oxygen atoms in total. The maximum Gasteiger partial charge on any atom is 0.673 e. The average molecular weight is 623 g/mol. The number of imidazole rings is 2. The summed E-state index contributed by atoms with van der Waals surface area (Å²) in [5.74, 6) is 0. The Balaban J connectivity index is 0. The van der Waals surface area contributed by atoms with Gasteiger partial charge in [0.25, 0.3) is 0 Å². The normalized spacial score (nSPS) is 15.6. The first-order valence-corrected chi connectivity index (χ1v) is 11.4. The van der Waals surface area contributed by atoms with Crippen LogP contribution in [0.15, 0.2) is 47.4 Å². The Morgan fingerprint density at radius 1 is 0.718 bits per heavy atom. The first-order valence-electron chi connectivity index (χ1n) is 11.4. The minimum absolute atomic E-state index is 0. The van der Waals surface area contributed by atoms with Gasteiger partial charge in [-0.25, -0.2) is 18.3 Å². The van der Waals surface area contributed by atoms with E-state index in [0.717, 1.165) is 11.4 Å². The molecule has 19 heteroatoms. The van der Waals surface area contributed by atoms with E-state index in [-0.39, 0.29) is 28.9 Å². The van der Waals surface area contributed by atoms with Crippen LogP contribution in [0.25, 0.3) is 0 Å². The van der Waals surface area contributed by atoms with Gasteiger partial charge in [0.05, 0.1) is 50.8 Å². The third kappa shape index (κ3) is 18.6. The average Bonchev–Trinajstić information content (AvgIpc) is 3.30. The number of aryl methyl sites for hydroxylation is 2. The van der Waals surface area contributed by atoms with Crippen LogP contribution in [0.3, 0.4) is 0 Å². The zero-order valence-corrected chi connectivity index (χ0v) is 23.3. The summed E-state index contributed by atoms with van der Waals surface area (Å²) in [6.07, 6.45) is 10.5. The maximum atomic E-state index is 10.2. The Bertz CT molecular complexity index is 936. The third-order valence-corrected chi connectivity index (χ3v) is 4.81. The first-order chi connectivity index (χ1) is 17.2. The third-order valence-electron chi connectivity index (χ3n) is 4.81. The van der Waals surface area contributed by atoms with Gasteiger partial charge in [0.15, 0.2) is 12.1 Å². The predicted molar refractivity (Wildman–Crippen MR) is 129 cm³/mol. The molecule has 1 radical (unpaired) electrons. The smallest absolute Gasteiger partial charge is 0.418 e. The fourth-order valence-corrected chi connectivity index (χ4v) is 3.54. The summed E-state index contributed by atoms with van der Waals surface area (Å²) >= 11 is 0. The zero-order chi connectivity index (χ0) is 29.8. The zero-order valence-electron chi connectivity index (χ0n) is 22.3. The first kappa shape index (κ1) is 38.9. The number of aliphatic imine (C=N–C) groups is 2. The minimum atomic E-state index is -6.00. The van der Waals surface area contributed by atoms with Gasteiger partial charge in [-0.15, -0.1) is 0 Å². The number of rotatable bonds is 9. The minimum Gasteiger partial charge on any atom is -0.418 e. The number of hydrogen-bond donors (Lipinski definition) is 2. The second-order valence-corrected chi connectivity index (χ2v) is 8.46. The van der Waals surface area contributed by atoms with Crippen LogP contribution in [0.2, 0.25) is 0 Å². The van der Waals surface area contributed by atoms with Crippen molar-refractivity contribution in [1.29, 1.82) is 0 Å². The molecule has 2 rings (SSSR count). The summed E-state index contributed by atoms with van der Waals surface area (Å²) in [5.41, 5.74) is 1.73. The van der Waals surface area contributed by atoms with Crippen molar-refractivity contribution in [3.05, 3.63) is 37.4 Å². The van der Waals surface area contributed by atoms with Crippen molar-refractivity contribution in [3.63, 3.8) is 0 Å². The molecule has 39 heavy (non-hydrogen) atoms. The molecule has 0 aliphatic heterocycles. The summed E-state index contributed by atoms with van der Waals surface area (Å²) in [6, 6.07) is -0.396. The molecule has 227 valence electrons. The van der Waals surface area contributed by atoms with Crippen LogP contribution in [0.4, 0.5) is 34.5 Å². The fourth-order valence-electron chi connectivity index (χ4n) is 3.54. The Kier molecular flexibility index (Phi) is 17.4. The van der Waals surface area contributed by atoms with Crippen molar-refractivity contribution in [1.82, 2.24) is 9.13 Å². The molecular weight excluding hydrogens is 589 g/mol. The second-order valence-electron chi connectivity index (χ2n) is 8.46. The number of aliphatic hydroxyl groups is 2. The van der Waals surface area contributed by atoms with Gasteiger partial charge in [0.1, 0.15) is 24.8 Å². The summed E-state index contributed by atoms with van der Waals surface area (Å²) < 4.78 is 85.8. The van der Waals surface area contributed by atoms with Crippen LogP contribution in [0.5, 0.6) is 0 Å². The van der Waals surface area contributed by atoms with E-state index in [2.05, 4.69) is 9.98 Å². The van der Waals surface area contributed by atoms with E-state index in [1.165, 1.54) is 0 Å². The molecule has 0 spiro atoms. The van der Waals surface area contributed by atoms with Crippen molar-refractivity contribution >= 4 is 25.9 Å². The number of aliphatic hydroxyl groups excluding tert-OH is 2. The number of halogens is 8. The van der Waals surface area contributed by atoms with Crippen LogP contribution in [-0.4, -0.2) is 70.6 Å². The van der Waals surface area contributed by atoms with Gasteiger partial charge in [-0.1, -0.05) is 0 Å². The van der Waals surface area contributed by atoms with Crippen LogP contribution in [-0.2, 0) is 30.9 Å². The number of nitrogens with zero attached hydrogens (tertiary/aromatic N) is 6. The van der Waals surface area contributed by atoms with E-state index < -0.39 is 26.7 Å². The molecule has 0 fully saturated rings. The van der Waals surface area contributed by atoms with Crippen LogP contribution < -0.4 is 9.13 Å². The Morgan fingerprint density at radius 3 is 1.15 bits per heavy atom. The van der Waals surface area contributed by atoms with Crippen molar-refractivity contribution in [2.45, 2.75) is 52.0 Å². The van der Waals surface area contributed by atoms with Crippen molar-refractivity contribution in [2.24, 2.45) is 24.1 Å². The van der Waals surface area contributed by atoms with Gasteiger partial charge in [-0.2, -0.15) is 0 Å². The molecule has 0 saturated heterocycles. The predicted octanol–water partition coefficient (Wildman–Crippen LogP) is 3.00. The van der Waals surface area contributed by atoms with Crippen molar-refractivity contribution < 1.29 is 70.7 Å². The van der Waals surface area contributed by atoms with Gasteiger partial charge in [0, 0.05) is 16.8 Å². The van der Waals surface area contributed by atoms with Gasteiger partial charge < -0.3 is 44.7 Å². The van der Waals surface area contributed by atoms with Crippen LogP contribution in [0.1, 0.15) is 39.8 Å². The molecule has 4 atom stereocenters. The molecule has 2 aromatic heterocycles. The van der Waals surface area contributed by atoms with E-state index >= 15 is 0 Å². The quantitative estimate of drug-likeness (QED) is 0.148. The topological polar surface area (TPSA) is 82.8 Å². The fraction of sp³-hybridized carbons (Fsp3) is 0.600. The van der Waals surface area contributed by atoms with E-state index in [9.17, 15) is 44.7 Å². The van der Waals surface area contributed by atoms with Gasteiger partial charge in [0.2, 0.25) is 12.7 Å². The molecule has 2 N–H and O–H groups in total. The Labute approximate surface area is 232 Å². The van der Waals surface area contributed by atoms with Gasteiger partial charge in [-0.3, -0.25) is 9.98 Å². The van der Waals surface area contributed by atoms with Gasteiger partial charge in [-0.05, 0) is 27.7 Å². The largest absolute Gasteiger partial charge is 0.673 e. The molecule has 0 saturated carbocycles. The van der Waals surface area contributed by atoms with E-state index in [0.29, 0.717) is 13.1 Å². The molecule has 0 aliphatic carbocycles. The summed E-state index contributed by atoms with van der Waals surface area (Å²) in [6.45, 7) is 8.49. The monoisotopic (exact) mass is 623 g/mol. The number of hydrogen-bond acceptors (Lipinski definition) is 4. The van der Waals surface area contributed by atoms with Crippen LogP contribution >= 0.6 is 0 Å². The standard InChI is InChI=1S/C20H34N6O2.2BF4.Co/c1-15(19(17(3)27)25-11-9-23(5)13-25)21-7-8-22-16(2)20(18(4)28)26-12-10-24(6)14-26;2*2-1(3,4)5;/h9-14,17-20,27-28H,7-8H2,1-6H3;;;/q+2;2*-1;. The Hall–Kier alpha value is -2.24. The second kappa shape index (κ2) is 17.4. The molecular formula is C20H34B2CoF8N6O2. The molecule has 0 aliphatic rings. The molecule has 0 bridgehead atoms. The molecule has 0 aromatic carbocycles. The summed E-state index contributed by atoms with van der Waals surface area (Å²) in [7, 11) is -8.11. The summed E-state index contributed by atoms with van der Waals surface area (Å²) in [5, 5.41) is 20.4. The van der Waals surface area contributed by atoms with E-state index in [4.69, 9.17) is 0 Å². The van der Waals surface area contributed by atoms with Gasteiger partial charge >= 0.3 is 14.5 Å². The molecule has 2 heterocycles. The molecule has 0 amide bonds. The van der Waals surface area contributed by atoms with Crippen LogP contribution in [0, 0.1) is 0 Å². The Morgan fingerprint density at radius 2 is 0.974 bits per heavy atom. The number of aromatic nitrogens is 4.